The first-order valence-electron chi connectivity index (χ1n) is 10.2. The average Bonchev–Trinajstić information content (AvgIpc) is 3.18. The zero-order valence-corrected chi connectivity index (χ0v) is 18.7. The number of ether oxygens (including phenoxy) is 2. The minimum atomic E-state index is 0.746. The second-order valence-corrected chi connectivity index (χ2v) is 8.45. The van der Waals surface area contributed by atoms with Crippen molar-refractivity contribution >= 4 is 28.6 Å². The maximum atomic E-state index is 6.10. The van der Waals surface area contributed by atoms with E-state index in [1.165, 1.54) is 5.69 Å². The minimum Gasteiger partial charge on any atom is -0.497 e. The SMILES string of the molecule is COc1ccc(N=c2scc(-c3ccc(Cl)cc3)n2CCCN2CCOCC2)cc1. The Morgan fingerprint density at radius 2 is 1.77 bits per heavy atom. The van der Waals surface area contributed by atoms with Crippen LogP contribution in [0.4, 0.5) is 5.69 Å². The molecule has 1 aliphatic heterocycles. The number of hydrogen-bond acceptors (Lipinski definition) is 5. The highest BCUT2D eigenvalue weighted by Crippen LogP contribution is 2.24. The Kier molecular flexibility index (Phi) is 7.23. The van der Waals surface area contributed by atoms with Crippen LogP contribution in [-0.2, 0) is 11.3 Å². The van der Waals surface area contributed by atoms with Crippen LogP contribution in [0.5, 0.6) is 5.75 Å². The largest absolute Gasteiger partial charge is 0.497 e. The van der Waals surface area contributed by atoms with E-state index in [2.05, 4.69) is 27.0 Å². The molecule has 3 aromatic rings. The maximum Gasteiger partial charge on any atom is 0.190 e. The highest BCUT2D eigenvalue weighted by atomic mass is 35.5. The quantitative estimate of drug-likeness (QED) is 0.524. The summed E-state index contributed by atoms with van der Waals surface area (Å²) >= 11 is 7.76. The van der Waals surface area contributed by atoms with E-state index in [-0.39, 0.29) is 0 Å². The van der Waals surface area contributed by atoms with Crippen LogP contribution < -0.4 is 9.54 Å². The molecule has 0 aliphatic carbocycles. The molecule has 0 unspecified atom stereocenters. The predicted molar refractivity (Wildman–Crippen MR) is 123 cm³/mol. The van der Waals surface area contributed by atoms with Crippen molar-refractivity contribution in [2.75, 3.05) is 40.0 Å². The summed E-state index contributed by atoms with van der Waals surface area (Å²) in [6, 6.07) is 15.9. The number of halogens is 1. The summed E-state index contributed by atoms with van der Waals surface area (Å²) < 4.78 is 13.0. The van der Waals surface area contributed by atoms with Crippen molar-refractivity contribution in [1.29, 1.82) is 0 Å². The lowest BCUT2D eigenvalue weighted by molar-refractivity contribution is 0.0369. The van der Waals surface area contributed by atoms with Gasteiger partial charge in [0.2, 0.25) is 0 Å². The van der Waals surface area contributed by atoms with Gasteiger partial charge in [-0.2, -0.15) is 0 Å². The Labute approximate surface area is 186 Å². The lowest BCUT2D eigenvalue weighted by Gasteiger charge is -2.26. The third kappa shape index (κ3) is 5.32. The van der Waals surface area contributed by atoms with Crippen molar-refractivity contribution < 1.29 is 9.47 Å². The fraction of sp³-hybridized carbons (Fsp3) is 0.348. The standard InChI is InChI=1S/C23H26ClN3O2S/c1-28-21-9-7-20(8-10-21)25-23-27(12-2-11-26-13-15-29-16-14-26)22(17-30-23)18-3-5-19(24)6-4-18/h3-10,17H,2,11-16H2,1H3. The first-order chi connectivity index (χ1) is 14.7. The summed E-state index contributed by atoms with van der Waals surface area (Å²) in [5.74, 6) is 0.834. The molecule has 1 aliphatic rings. The van der Waals surface area contributed by atoms with Gasteiger partial charge in [-0.05, 0) is 48.4 Å². The molecule has 30 heavy (non-hydrogen) atoms. The van der Waals surface area contributed by atoms with Gasteiger partial charge in [0.05, 0.1) is 31.7 Å². The second-order valence-electron chi connectivity index (χ2n) is 7.18. The lowest BCUT2D eigenvalue weighted by atomic mass is 10.2. The molecule has 1 saturated heterocycles. The Balaban J connectivity index is 1.61. The molecule has 7 heteroatoms. The van der Waals surface area contributed by atoms with Crippen molar-refractivity contribution in [3.63, 3.8) is 0 Å². The molecule has 5 nitrogen and oxygen atoms in total. The zero-order valence-electron chi connectivity index (χ0n) is 17.1. The van der Waals surface area contributed by atoms with E-state index in [0.717, 1.165) is 72.6 Å². The third-order valence-electron chi connectivity index (χ3n) is 5.19. The first kappa shape index (κ1) is 21.1. The van der Waals surface area contributed by atoms with Crippen molar-refractivity contribution in [3.8, 4) is 17.0 Å². The molecule has 0 radical (unpaired) electrons. The number of methoxy groups -OCH3 is 1. The van der Waals surface area contributed by atoms with Gasteiger partial charge in [-0.1, -0.05) is 23.7 Å². The fourth-order valence-corrected chi connectivity index (χ4v) is 4.61. The number of nitrogens with zero attached hydrogens (tertiary/aromatic N) is 3. The second kappa shape index (κ2) is 10.3. The number of rotatable bonds is 7. The predicted octanol–water partition coefficient (Wildman–Crippen LogP) is 4.83. The number of morpholine rings is 1. The normalized spacial score (nSPS) is 15.5. The molecule has 1 aromatic heterocycles. The molecular weight excluding hydrogens is 418 g/mol. The molecule has 0 bridgehead atoms. The van der Waals surface area contributed by atoms with Gasteiger partial charge >= 0.3 is 0 Å². The van der Waals surface area contributed by atoms with Gasteiger partial charge in [-0.15, -0.1) is 11.3 Å². The molecular formula is C23H26ClN3O2S. The Bertz CT molecular complexity index is 1010. The topological polar surface area (TPSA) is 39.0 Å². The monoisotopic (exact) mass is 443 g/mol. The summed E-state index contributed by atoms with van der Waals surface area (Å²) in [5.41, 5.74) is 3.24. The van der Waals surface area contributed by atoms with Crippen LogP contribution >= 0.6 is 22.9 Å². The summed E-state index contributed by atoms with van der Waals surface area (Å²) in [6.07, 6.45) is 1.06. The van der Waals surface area contributed by atoms with Crippen LogP contribution in [0.3, 0.4) is 0 Å². The van der Waals surface area contributed by atoms with Crippen molar-refractivity contribution in [3.05, 3.63) is 63.7 Å². The molecule has 2 aromatic carbocycles. The van der Waals surface area contributed by atoms with Crippen molar-refractivity contribution in [2.24, 2.45) is 4.99 Å². The Morgan fingerprint density at radius 1 is 1.03 bits per heavy atom. The Hall–Kier alpha value is -2.12. The molecule has 1 fully saturated rings. The van der Waals surface area contributed by atoms with Gasteiger partial charge in [0, 0.05) is 36.6 Å². The summed E-state index contributed by atoms with van der Waals surface area (Å²) in [6.45, 7) is 5.67. The van der Waals surface area contributed by atoms with Gasteiger partial charge in [-0.3, -0.25) is 4.90 Å². The molecule has 0 amide bonds. The van der Waals surface area contributed by atoms with E-state index in [1.54, 1.807) is 18.4 Å². The van der Waals surface area contributed by atoms with Gasteiger partial charge in [0.25, 0.3) is 0 Å². The van der Waals surface area contributed by atoms with Crippen LogP contribution in [0.15, 0.2) is 58.9 Å². The van der Waals surface area contributed by atoms with E-state index >= 15 is 0 Å². The fourth-order valence-electron chi connectivity index (χ4n) is 3.53. The van der Waals surface area contributed by atoms with Crippen LogP contribution in [0.1, 0.15) is 6.42 Å². The molecule has 158 valence electrons. The van der Waals surface area contributed by atoms with Gasteiger partial charge < -0.3 is 14.0 Å². The molecule has 2 heterocycles. The van der Waals surface area contributed by atoms with E-state index in [1.807, 2.05) is 36.4 Å². The van der Waals surface area contributed by atoms with Crippen molar-refractivity contribution in [1.82, 2.24) is 9.47 Å². The van der Waals surface area contributed by atoms with Crippen LogP contribution in [0.2, 0.25) is 5.02 Å². The van der Waals surface area contributed by atoms with E-state index in [0.29, 0.717) is 0 Å². The molecule has 0 atom stereocenters. The molecule has 0 spiro atoms. The minimum absolute atomic E-state index is 0.746. The molecule has 0 saturated carbocycles. The van der Waals surface area contributed by atoms with Gasteiger partial charge in [-0.25, -0.2) is 4.99 Å². The third-order valence-corrected chi connectivity index (χ3v) is 6.31. The van der Waals surface area contributed by atoms with E-state index < -0.39 is 0 Å². The van der Waals surface area contributed by atoms with Crippen molar-refractivity contribution in [2.45, 2.75) is 13.0 Å². The van der Waals surface area contributed by atoms with Crippen LogP contribution in [0, 0.1) is 0 Å². The first-order valence-corrected chi connectivity index (χ1v) is 11.4. The van der Waals surface area contributed by atoms with E-state index in [9.17, 15) is 0 Å². The number of benzene rings is 2. The summed E-state index contributed by atoms with van der Waals surface area (Å²) in [7, 11) is 1.67. The van der Waals surface area contributed by atoms with Gasteiger partial charge in [0.1, 0.15) is 5.75 Å². The number of hydrogen-bond donors (Lipinski definition) is 0. The van der Waals surface area contributed by atoms with Crippen LogP contribution in [0.25, 0.3) is 11.3 Å². The molecule has 4 rings (SSSR count). The maximum absolute atomic E-state index is 6.10. The Morgan fingerprint density at radius 3 is 2.47 bits per heavy atom. The van der Waals surface area contributed by atoms with E-state index in [4.69, 9.17) is 26.1 Å². The average molecular weight is 444 g/mol. The number of aromatic nitrogens is 1. The molecule has 0 N–H and O–H groups in total. The number of thiazole rings is 1. The smallest absolute Gasteiger partial charge is 0.190 e. The highest BCUT2D eigenvalue weighted by molar-refractivity contribution is 7.07. The zero-order chi connectivity index (χ0) is 20.8. The summed E-state index contributed by atoms with van der Waals surface area (Å²) in [5, 5.41) is 2.93. The highest BCUT2D eigenvalue weighted by Gasteiger charge is 2.12. The summed E-state index contributed by atoms with van der Waals surface area (Å²) in [4.78, 5) is 8.38. The van der Waals surface area contributed by atoms with Gasteiger partial charge in [0.15, 0.2) is 4.80 Å². The van der Waals surface area contributed by atoms with Crippen LogP contribution in [-0.4, -0.2) is 49.4 Å². The lowest BCUT2D eigenvalue weighted by Crippen LogP contribution is -2.37.